The van der Waals surface area contributed by atoms with Gasteiger partial charge in [0.2, 0.25) is 0 Å². The molecule has 4 heteroatoms. The number of rotatable bonds is 9. The van der Waals surface area contributed by atoms with Crippen molar-refractivity contribution in [1.29, 1.82) is 0 Å². The average molecular weight is 265 g/mol. The Hall–Kier alpha value is -1.55. The summed E-state index contributed by atoms with van der Waals surface area (Å²) in [6.45, 7) is 1.03. The molecule has 4 nitrogen and oxygen atoms in total. The molecule has 0 radical (unpaired) electrons. The Morgan fingerprint density at radius 3 is 2.74 bits per heavy atom. The number of ether oxygens (including phenoxy) is 2. The third kappa shape index (κ3) is 6.82. The highest BCUT2D eigenvalue weighted by Crippen LogP contribution is 2.13. The van der Waals surface area contributed by atoms with E-state index < -0.39 is 0 Å². The Balaban J connectivity index is 2.18. The summed E-state index contributed by atoms with van der Waals surface area (Å²) in [5.74, 6) is 0.630. The van der Waals surface area contributed by atoms with Gasteiger partial charge in [-0.3, -0.25) is 4.79 Å². The van der Waals surface area contributed by atoms with Gasteiger partial charge in [0.05, 0.1) is 7.11 Å². The van der Waals surface area contributed by atoms with Crippen LogP contribution in [0.5, 0.6) is 5.75 Å². The predicted octanol–water partition coefficient (Wildman–Crippen LogP) is 2.65. The van der Waals surface area contributed by atoms with Crippen molar-refractivity contribution >= 4 is 5.97 Å². The fraction of sp³-hybridized carbons (Fsp3) is 0.533. The van der Waals surface area contributed by atoms with E-state index >= 15 is 0 Å². The van der Waals surface area contributed by atoms with Crippen molar-refractivity contribution < 1.29 is 14.3 Å². The molecule has 1 aromatic carbocycles. The number of hydrogen-bond donors (Lipinski definition) is 1. The van der Waals surface area contributed by atoms with E-state index in [9.17, 15) is 4.79 Å². The van der Waals surface area contributed by atoms with Gasteiger partial charge in [-0.2, -0.15) is 0 Å². The van der Waals surface area contributed by atoms with Gasteiger partial charge in [0.1, 0.15) is 12.4 Å². The van der Waals surface area contributed by atoms with E-state index in [1.807, 2.05) is 24.3 Å². The van der Waals surface area contributed by atoms with Crippen LogP contribution in [-0.2, 0) is 16.1 Å². The van der Waals surface area contributed by atoms with Gasteiger partial charge in [0.15, 0.2) is 0 Å². The topological polar surface area (TPSA) is 61.5 Å². The molecule has 2 N–H and O–H groups in total. The molecule has 0 aromatic heterocycles. The molecule has 19 heavy (non-hydrogen) atoms. The molecule has 0 aliphatic carbocycles. The van der Waals surface area contributed by atoms with Gasteiger partial charge in [-0.25, -0.2) is 0 Å². The third-order valence-electron chi connectivity index (χ3n) is 2.87. The standard InChI is InChI=1S/C15H23NO3/c1-18-14-8-6-7-13(11-14)12-19-15(17)9-4-2-3-5-10-16/h6-8,11H,2-5,9-10,12,16H2,1H3. The van der Waals surface area contributed by atoms with Crippen LogP contribution in [0.15, 0.2) is 24.3 Å². The molecule has 106 valence electrons. The number of carbonyl (C=O) groups excluding carboxylic acids is 1. The number of carbonyl (C=O) groups is 1. The van der Waals surface area contributed by atoms with Crippen molar-refractivity contribution in [2.75, 3.05) is 13.7 Å². The summed E-state index contributed by atoms with van der Waals surface area (Å²) in [5, 5.41) is 0. The van der Waals surface area contributed by atoms with Crippen LogP contribution in [0.3, 0.4) is 0 Å². The lowest BCUT2D eigenvalue weighted by Gasteiger charge is -2.06. The number of benzene rings is 1. The monoisotopic (exact) mass is 265 g/mol. The molecule has 0 fully saturated rings. The SMILES string of the molecule is COc1cccc(COC(=O)CCCCCCN)c1. The summed E-state index contributed by atoms with van der Waals surface area (Å²) in [4.78, 5) is 11.5. The number of unbranched alkanes of at least 4 members (excludes halogenated alkanes) is 3. The van der Waals surface area contributed by atoms with Crippen LogP contribution in [0.1, 0.15) is 37.7 Å². The maximum Gasteiger partial charge on any atom is 0.306 e. The minimum atomic E-state index is -0.143. The zero-order chi connectivity index (χ0) is 13.9. The highest BCUT2D eigenvalue weighted by atomic mass is 16.5. The van der Waals surface area contributed by atoms with Crippen molar-refractivity contribution in [2.45, 2.75) is 38.7 Å². The van der Waals surface area contributed by atoms with E-state index in [1.54, 1.807) is 7.11 Å². The molecule has 1 aromatic rings. The normalized spacial score (nSPS) is 10.2. The molecular formula is C15H23NO3. The molecule has 0 atom stereocenters. The van der Waals surface area contributed by atoms with Crippen LogP contribution in [0.2, 0.25) is 0 Å². The van der Waals surface area contributed by atoms with E-state index in [2.05, 4.69) is 0 Å². The van der Waals surface area contributed by atoms with Gasteiger partial charge in [-0.05, 0) is 37.1 Å². The molecular weight excluding hydrogens is 242 g/mol. The van der Waals surface area contributed by atoms with Gasteiger partial charge >= 0.3 is 5.97 Å². The van der Waals surface area contributed by atoms with E-state index in [-0.39, 0.29) is 5.97 Å². The number of hydrogen-bond acceptors (Lipinski definition) is 4. The summed E-state index contributed by atoms with van der Waals surface area (Å²) in [5.41, 5.74) is 6.35. The second-order valence-electron chi connectivity index (χ2n) is 4.47. The Kier molecular flexibility index (Phi) is 7.66. The molecule has 0 saturated carbocycles. The summed E-state index contributed by atoms with van der Waals surface area (Å²) >= 11 is 0. The smallest absolute Gasteiger partial charge is 0.306 e. The maximum atomic E-state index is 11.5. The lowest BCUT2D eigenvalue weighted by atomic mass is 10.1. The molecule has 0 saturated heterocycles. The van der Waals surface area contributed by atoms with Crippen LogP contribution in [0.25, 0.3) is 0 Å². The average Bonchev–Trinajstić information content (AvgIpc) is 2.45. The quantitative estimate of drug-likeness (QED) is 0.551. The van der Waals surface area contributed by atoms with Crippen molar-refractivity contribution in [3.8, 4) is 5.75 Å². The highest BCUT2D eigenvalue weighted by Gasteiger charge is 2.04. The Morgan fingerprint density at radius 1 is 1.21 bits per heavy atom. The lowest BCUT2D eigenvalue weighted by Crippen LogP contribution is -2.04. The number of esters is 1. The summed E-state index contributed by atoms with van der Waals surface area (Å²) in [6, 6.07) is 7.53. The van der Waals surface area contributed by atoms with Gasteiger partial charge in [0.25, 0.3) is 0 Å². The molecule has 0 unspecified atom stereocenters. The fourth-order valence-electron chi connectivity index (χ4n) is 1.77. The van der Waals surface area contributed by atoms with E-state index in [4.69, 9.17) is 15.2 Å². The largest absolute Gasteiger partial charge is 0.497 e. The van der Waals surface area contributed by atoms with Crippen molar-refractivity contribution in [2.24, 2.45) is 5.73 Å². The Bertz CT molecular complexity index is 379. The Morgan fingerprint density at radius 2 is 2.00 bits per heavy atom. The molecule has 0 amide bonds. The first-order valence-electron chi connectivity index (χ1n) is 6.75. The molecule has 1 rings (SSSR count). The molecule has 0 spiro atoms. The van der Waals surface area contributed by atoms with Crippen molar-refractivity contribution in [3.63, 3.8) is 0 Å². The van der Waals surface area contributed by atoms with E-state index in [0.29, 0.717) is 13.0 Å². The fourth-order valence-corrected chi connectivity index (χ4v) is 1.77. The maximum absolute atomic E-state index is 11.5. The van der Waals surface area contributed by atoms with Crippen molar-refractivity contribution in [1.82, 2.24) is 0 Å². The molecule has 0 heterocycles. The second kappa shape index (κ2) is 9.39. The predicted molar refractivity (Wildman–Crippen MR) is 74.9 cm³/mol. The summed E-state index contributed by atoms with van der Waals surface area (Å²) < 4.78 is 10.3. The van der Waals surface area contributed by atoms with Gasteiger partial charge in [-0.15, -0.1) is 0 Å². The minimum Gasteiger partial charge on any atom is -0.497 e. The van der Waals surface area contributed by atoms with Crippen LogP contribution < -0.4 is 10.5 Å². The minimum absolute atomic E-state index is 0.143. The molecule has 0 aliphatic rings. The zero-order valence-electron chi connectivity index (χ0n) is 11.6. The first kappa shape index (κ1) is 15.5. The van der Waals surface area contributed by atoms with Gasteiger partial charge in [0, 0.05) is 6.42 Å². The summed E-state index contributed by atoms with van der Waals surface area (Å²) in [7, 11) is 1.62. The van der Waals surface area contributed by atoms with Gasteiger partial charge < -0.3 is 15.2 Å². The lowest BCUT2D eigenvalue weighted by molar-refractivity contribution is -0.145. The molecule has 0 aliphatic heterocycles. The van der Waals surface area contributed by atoms with E-state index in [0.717, 1.165) is 43.5 Å². The van der Waals surface area contributed by atoms with Crippen LogP contribution in [0, 0.1) is 0 Å². The van der Waals surface area contributed by atoms with Crippen molar-refractivity contribution in [3.05, 3.63) is 29.8 Å². The Labute approximate surface area is 114 Å². The first-order chi connectivity index (χ1) is 9.26. The second-order valence-corrected chi connectivity index (χ2v) is 4.47. The van der Waals surface area contributed by atoms with Crippen LogP contribution in [-0.4, -0.2) is 19.6 Å². The van der Waals surface area contributed by atoms with Gasteiger partial charge in [-0.1, -0.05) is 25.0 Å². The number of methoxy groups -OCH3 is 1. The van der Waals surface area contributed by atoms with Crippen LogP contribution >= 0.6 is 0 Å². The van der Waals surface area contributed by atoms with Crippen LogP contribution in [0.4, 0.5) is 0 Å². The third-order valence-corrected chi connectivity index (χ3v) is 2.87. The van der Waals surface area contributed by atoms with E-state index in [1.165, 1.54) is 0 Å². The summed E-state index contributed by atoms with van der Waals surface area (Å²) in [6.07, 6.45) is 4.50. The zero-order valence-corrected chi connectivity index (χ0v) is 11.6. The molecule has 0 bridgehead atoms. The first-order valence-corrected chi connectivity index (χ1v) is 6.75. The number of nitrogens with two attached hydrogens (primary N) is 1. The highest BCUT2D eigenvalue weighted by molar-refractivity contribution is 5.69.